The molecule has 0 aliphatic heterocycles. The van der Waals surface area contributed by atoms with Crippen LogP contribution in [-0.4, -0.2) is 124 Å². The van der Waals surface area contributed by atoms with Crippen LogP contribution in [0.5, 0.6) is 0 Å². The smallest absolute Gasteiger partial charge is 0.108 e. The molecule has 0 amide bonds. The van der Waals surface area contributed by atoms with Crippen LogP contribution in [0.4, 0.5) is 4.39 Å². The molecule has 20 fully saturated rings. The maximum atomic E-state index is 11.8. The van der Waals surface area contributed by atoms with Crippen LogP contribution in [0, 0.1) is 179 Å². The van der Waals surface area contributed by atoms with Gasteiger partial charge in [0.25, 0.3) is 0 Å². The van der Waals surface area contributed by atoms with Crippen molar-refractivity contribution in [2.24, 2.45) is 145 Å². The zero-order valence-corrected chi connectivity index (χ0v) is 94.9. The highest BCUT2D eigenvalue weighted by Crippen LogP contribution is 2.69. The van der Waals surface area contributed by atoms with Gasteiger partial charge in [0.2, 0.25) is 0 Å². The van der Waals surface area contributed by atoms with Gasteiger partial charge in [-0.15, -0.1) is 11.6 Å². The van der Waals surface area contributed by atoms with Gasteiger partial charge in [-0.1, -0.05) is 109 Å². The second kappa shape index (κ2) is 59.2. The maximum Gasteiger partial charge on any atom is 0.108 e. The Morgan fingerprint density at radius 1 is 0.370 bits per heavy atom. The Morgan fingerprint density at radius 2 is 0.778 bits per heavy atom. The van der Waals surface area contributed by atoms with E-state index in [1.807, 2.05) is 54.5 Å². The van der Waals surface area contributed by atoms with E-state index in [-0.39, 0.29) is 22.0 Å². The summed E-state index contributed by atoms with van der Waals surface area (Å²) >= 11 is 5.49. The lowest BCUT2D eigenvalue weighted by atomic mass is 9.46. The summed E-state index contributed by atoms with van der Waals surface area (Å²) in [6.45, 7) is 63.0. The number of methoxy groups -OCH3 is 2. The molecule has 23 atom stereocenters. The standard InChI is InChI=1S/C17H30O.C16H26O.2C15H26O.C14H24O.C10H20O.C6H10ClN.C6H10FN.C6H11N.C6H14O.2C5H12O/c1-5-12(2)18-16(3,4)17-9-13-6-14(10-17)8-15(7-13)11-17;1-3-9(2)17-14-8-12-7-13(14)16-11-5-4-10(6-11)15(12)16;1-4-10(2)16-15(3)13-6-11-5-12(8-13)9-14(15)7-11;1-3-11(2)16-10-15-7-12-4-13(8-15)6-14(5-12)9-15;1-3-9(2)15-14-8-10-7-13(14)12-6-4-5-11(10)12;1-3-9(2)11-10-7-5-4-6-8-10;2*1-3-6(2,4-7)5-8;1-4-6(2,3)5-7;1-4-6(3)7-5-2;2*1-4-5(2)6-3/h12-15H,5-11H2,1-4H3;9-16H,3-8H2,1-2H3;10-14H,4-9H2,1-3H3;11-14H,3-10H2,1-2H3;9-14H,3-8H2,1-2H3;9-10H,3-8H2,1-2H3;2*3-4H2,1-2H3;4H2,1-3H3;6H,4-5H2,1-3H3;2*5H,4H2,1-3H3. The third kappa shape index (κ3) is 36.2. The van der Waals surface area contributed by atoms with Gasteiger partial charge in [0, 0.05) is 26.7 Å². The van der Waals surface area contributed by atoms with Crippen molar-refractivity contribution in [1.29, 1.82) is 15.8 Å². The van der Waals surface area contributed by atoms with Crippen LogP contribution >= 0.6 is 11.6 Å². The molecule has 20 aliphatic carbocycles. The Hall–Kier alpha value is -1.67. The van der Waals surface area contributed by atoms with Crippen molar-refractivity contribution in [3.05, 3.63) is 0 Å². The number of hydrogen-bond acceptors (Lipinski definition) is 12. The fourth-order valence-corrected chi connectivity index (χ4v) is 29.0. The molecule has 788 valence electrons. The van der Waals surface area contributed by atoms with Crippen molar-refractivity contribution >= 4 is 11.6 Å². The van der Waals surface area contributed by atoms with Crippen LogP contribution < -0.4 is 0 Å². The van der Waals surface area contributed by atoms with Crippen LogP contribution in [0.2, 0.25) is 0 Å². The summed E-state index contributed by atoms with van der Waals surface area (Å²) < 4.78 is 64.2. The fraction of sp³-hybridized carbons (Fsp3) is 0.975. The number of halogens is 2. The highest BCUT2D eigenvalue weighted by molar-refractivity contribution is 6.18. The van der Waals surface area contributed by atoms with Crippen molar-refractivity contribution in [1.82, 2.24) is 0 Å². The average molecular weight is 1920 g/mol. The average Bonchev–Trinajstić information content (AvgIpc) is 1.58. The van der Waals surface area contributed by atoms with Crippen LogP contribution in [0.1, 0.15) is 483 Å². The number of alkyl halides is 2. The van der Waals surface area contributed by atoms with Crippen molar-refractivity contribution in [2.45, 2.75) is 568 Å². The van der Waals surface area contributed by atoms with Gasteiger partial charge in [-0.2, -0.15) is 15.8 Å². The molecule has 14 heteroatoms. The van der Waals surface area contributed by atoms with Gasteiger partial charge in [0.1, 0.15) is 6.67 Å². The molecule has 20 rings (SSSR count). The van der Waals surface area contributed by atoms with E-state index in [2.05, 4.69) is 158 Å². The molecule has 0 heterocycles. The first-order valence-electron chi connectivity index (χ1n) is 58.0. The third-order valence-corrected chi connectivity index (χ3v) is 39.6. The summed E-state index contributed by atoms with van der Waals surface area (Å²) in [6.07, 6.45) is 65.7. The van der Waals surface area contributed by atoms with Crippen LogP contribution in [-0.2, 0) is 42.6 Å². The second-order valence-electron chi connectivity index (χ2n) is 50.0. The number of nitriles is 3. The molecular weight excluding hydrogens is 1690 g/mol. The van der Waals surface area contributed by atoms with E-state index in [0.29, 0.717) is 96.4 Å². The Labute approximate surface area is 840 Å². The summed E-state index contributed by atoms with van der Waals surface area (Å²) in [6, 6.07) is 6.24. The van der Waals surface area contributed by atoms with Gasteiger partial charge < -0.3 is 42.6 Å². The second-order valence-corrected chi connectivity index (χ2v) is 50.3. The monoisotopic (exact) mass is 1910 g/mol. The first kappa shape index (κ1) is 122. The zero-order chi connectivity index (χ0) is 100. The first-order chi connectivity index (χ1) is 64.0. The molecule has 12 nitrogen and oxygen atoms in total. The minimum atomic E-state index is -0.736. The summed E-state index contributed by atoms with van der Waals surface area (Å²) in [4.78, 5) is 0. The van der Waals surface area contributed by atoms with Crippen LogP contribution in [0.3, 0.4) is 0 Å². The van der Waals surface area contributed by atoms with Gasteiger partial charge in [-0.05, 0) is 504 Å². The Morgan fingerprint density at radius 3 is 1.15 bits per heavy atom. The number of rotatable bonds is 32. The Balaban J connectivity index is 0.000000231. The van der Waals surface area contributed by atoms with E-state index in [0.717, 1.165) is 189 Å². The van der Waals surface area contributed by atoms with Crippen molar-refractivity contribution < 1.29 is 47.0 Å². The third-order valence-electron chi connectivity index (χ3n) is 39.0. The highest BCUT2D eigenvalue weighted by Gasteiger charge is 2.64. The van der Waals surface area contributed by atoms with Crippen molar-refractivity contribution in [3.8, 4) is 18.2 Å². The largest absolute Gasteiger partial charge is 0.382 e. The molecule has 135 heavy (non-hydrogen) atoms. The number of ether oxygens (including phenoxy) is 9. The fourth-order valence-electron chi connectivity index (χ4n) is 28.8. The lowest BCUT2D eigenvalue weighted by Gasteiger charge is -2.62. The van der Waals surface area contributed by atoms with Crippen LogP contribution in [0.25, 0.3) is 0 Å². The molecule has 0 aromatic rings. The molecule has 0 spiro atoms. The molecule has 0 aromatic heterocycles. The quantitative estimate of drug-likeness (QED) is 0.0465. The Kier molecular flexibility index (Phi) is 53.5. The van der Waals surface area contributed by atoms with Gasteiger partial charge in [0.15, 0.2) is 0 Å². The summed E-state index contributed by atoms with van der Waals surface area (Å²) in [5, 5.41) is 25.1. The van der Waals surface area contributed by atoms with E-state index in [9.17, 15) is 4.39 Å². The van der Waals surface area contributed by atoms with E-state index in [1.54, 1.807) is 59.7 Å². The number of nitrogens with zero attached hydrogens (tertiary/aromatic N) is 3. The van der Waals surface area contributed by atoms with Gasteiger partial charge in [-0.25, -0.2) is 4.39 Å². The first-order valence-corrected chi connectivity index (χ1v) is 58.5. The summed E-state index contributed by atoms with van der Waals surface area (Å²) in [7, 11) is 3.46. The predicted molar refractivity (Wildman–Crippen MR) is 565 cm³/mol. The minimum absolute atomic E-state index is 0.0818. The number of hydrogen-bond donors (Lipinski definition) is 0. The normalized spacial score (nSPS) is 36.8. The molecule has 0 aromatic carbocycles. The van der Waals surface area contributed by atoms with Crippen molar-refractivity contribution in [2.75, 3.05) is 40.0 Å². The molecule has 18 bridgehead atoms. The summed E-state index contributed by atoms with van der Waals surface area (Å²) in [5.74, 6) is 21.1. The van der Waals surface area contributed by atoms with E-state index < -0.39 is 12.1 Å². The van der Waals surface area contributed by atoms with Gasteiger partial charge >= 0.3 is 0 Å². The molecule has 20 aliphatic rings. The number of fused-ring (bicyclic) bond motifs is 14. The van der Waals surface area contributed by atoms with Gasteiger partial charge in [-0.3, -0.25) is 0 Å². The summed E-state index contributed by atoms with van der Waals surface area (Å²) in [5.41, 5.74) is 0.270. The zero-order valence-electron chi connectivity index (χ0n) is 94.2. The highest BCUT2D eigenvalue weighted by atomic mass is 35.5. The topological polar surface area (TPSA) is 154 Å². The minimum Gasteiger partial charge on any atom is -0.382 e. The SMILES string of the molecule is CCC(C)(C#N)CCl.CCC(C)(C#N)CF.CCC(C)(C)C#N.CCC(C)OC.CCC(C)OC.CCC(C)OC(C)(C)C12CC3CC(CC(C3)C1)C2.CCC(C)OC1(C)C2CC3CC(C2)CC1C3.CCC(C)OC1CC2CC1C1C3CCC(C3)C21.CCC(C)OC1CC2CC1C1CCCC21.CCC(C)OC1CCCCC1.CCC(C)OCC12CC3CC(CC(C3)C1)C2.CCOC(C)CC. The van der Waals surface area contributed by atoms with Crippen molar-refractivity contribution in [3.63, 3.8) is 0 Å². The Bertz CT molecular complexity index is 3170. The molecule has 0 radical (unpaired) electrons. The van der Waals surface area contributed by atoms with E-state index in [4.69, 9.17) is 70.0 Å². The van der Waals surface area contributed by atoms with Gasteiger partial charge in [0.05, 0.1) is 126 Å². The lowest BCUT2D eigenvalue weighted by molar-refractivity contribution is -0.213. The molecule has 23 unspecified atom stereocenters. The molecule has 20 saturated carbocycles. The lowest BCUT2D eigenvalue weighted by Crippen LogP contribution is -2.58. The van der Waals surface area contributed by atoms with E-state index >= 15 is 0 Å². The molecule has 0 N–H and O–H groups in total. The van der Waals surface area contributed by atoms with Crippen LogP contribution in [0.15, 0.2) is 0 Å². The molecular formula is C121H221ClFN3O9. The molecule has 0 saturated heterocycles. The predicted octanol–water partition coefficient (Wildman–Crippen LogP) is 34.2. The maximum absolute atomic E-state index is 11.8. The van der Waals surface area contributed by atoms with E-state index in [1.165, 1.54) is 180 Å².